The molecule has 0 radical (unpaired) electrons. The van der Waals surface area contributed by atoms with E-state index in [0.29, 0.717) is 5.25 Å². The van der Waals surface area contributed by atoms with Crippen LogP contribution in [0.15, 0.2) is 17.6 Å². The van der Waals surface area contributed by atoms with E-state index < -0.39 is 5.54 Å². The molecular weight excluding hydrogens is 210 g/mol. The van der Waals surface area contributed by atoms with Gasteiger partial charge in [-0.25, -0.2) is 4.98 Å². The Kier molecular flexibility index (Phi) is 4.19. The van der Waals surface area contributed by atoms with Crippen molar-refractivity contribution in [3.05, 3.63) is 12.4 Å². The SMILES string of the molecule is CC(CC(C)(N)CO)Sc1nccn1C. The van der Waals surface area contributed by atoms with Crippen molar-refractivity contribution >= 4 is 11.8 Å². The molecule has 5 heteroatoms. The van der Waals surface area contributed by atoms with E-state index in [4.69, 9.17) is 10.8 Å². The van der Waals surface area contributed by atoms with Gasteiger partial charge in [0.25, 0.3) is 0 Å². The molecule has 1 aromatic rings. The molecule has 0 fully saturated rings. The first-order chi connectivity index (χ1) is 6.94. The molecule has 15 heavy (non-hydrogen) atoms. The highest BCUT2D eigenvalue weighted by Crippen LogP contribution is 2.26. The third-order valence-electron chi connectivity index (χ3n) is 2.20. The number of nitrogens with zero attached hydrogens (tertiary/aromatic N) is 2. The fourth-order valence-electron chi connectivity index (χ4n) is 1.41. The maximum atomic E-state index is 9.07. The zero-order valence-electron chi connectivity index (χ0n) is 9.47. The number of thioether (sulfide) groups is 1. The number of aryl methyl sites for hydroxylation is 1. The topological polar surface area (TPSA) is 64.1 Å². The zero-order chi connectivity index (χ0) is 11.5. The van der Waals surface area contributed by atoms with Gasteiger partial charge in [0.15, 0.2) is 5.16 Å². The van der Waals surface area contributed by atoms with Crippen molar-refractivity contribution in [1.29, 1.82) is 0 Å². The molecule has 3 N–H and O–H groups in total. The first-order valence-corrected chi connectivity index (χ1v) is 5.86. The van der Waals surface area contributed by atoms with Crippen LogP contribution in [0.3, 0.4) is 0 Å². The van der Waals surface area contributed by atoms with E-state index in [1.807, 2.05) is 24.7 Å². The standard InChI is InChI=1S/C10H19N3OS/c1-8(6-10(2,11)7-14)15-9-12-4-5-13(9)3/h4-5,8,14H,6-7,11H2,1-3H3. The summed E-state index contributed by atoms with van der Waals surface area (Å²) in [5.74, 6) is 0. The smallest absolute Gasteiger partial charge is 0.167 e. The number of imidazole rings is 1. The lowest BCUT2D eigenvalue weighted by Gasteiger charge is -2.25. The van der Waals surface area contributed by atoms with Gasteiger partial charge in [-0.05, 0) is 13.3 Å². The van der Waals surface area contributed by atoms with Gasteiger partial charge >= 0.3 is 0 Å². The second kappa shape index (κ2) is 5.01. The maximum Gasteiger partial charge on any atom is 0.167 e. The van der Waals surface area contributed by atoms with Gasteiger partial charge in [-0.1, -0.05) is 18.7 Å². The largest absolute Gasteiger partial charge is 0.394 e. The van der Waals surface area contributed by atoms with E-state index in [2.05, 4.69) is 11.9 Å². The van der Waals surface area contributed by atoms with Crippen LogP contribution in [0.1, 0.15) is 20.3 Å². The summed E-state index contributed by atoms with van der Waals surface area (Å²) in [7, 11) is 1.97. The van der Waals surface area contributed by atoms with Gasteiger partial charge < -0.3 is 15.4 Å². The molecule has 0 bridgehead atoms. The molecule has 0 amide bonds. The van der Waals surface area contributed by atoms with Crippen molar-refractivity contribution in [1.82, 2.24) is 9.55 Å². The summed E-state index contributed by atoms with van der Waals surface area (Å²) in [4.78, 5) is 4.23. The van der Waals surface area contributed by atoms with E-state index in [1.165, 1.54) is 0 Å². The minimum atomic E-state index is -0.502. The second-order valence-electron chi connectivity index (χ2n) is 4.27. The van der Waals surface area contributed by atoms with Crippen LogP contribution in [-0.2, 0) is 7.05 Å². The minimum absolute atomic E-state index is 0.0124. The summed E-state index contributed by atoms with van der Waals surface area (Å²) in [6.07, 6.45) is 4.46. The first kappa shape index (κ1) is 12.5. The van der Waals surface area contributed by atoms with Gasteiger partial charge in [0.2, 0.25) is 0 Å². The highest BCUT2D eigenvalue weighted by atomic mass is 32.2. The van der Waals surface area contributed by atoms with Crippen molar-refractivity contribution in [2.75, 3.05) is 6.61 Å². The van der Waals surface area contributed by atoms with Gasteiger partial charge in [0.05, 0.1) is 6.61 Å². The molecule has 0 aliphatic rings. The summed E-state index contributed by atoms with van der Waals surface area (Å²) < 4.78 is 1.98. The normalized spacial score (nSPS) is 17.4. The molecule has 0 saturated carbocycles. The van der Waals surface area contributed by atoms with Crippen LogP contribution < -0.4 is 5.73 Å². The number of aliphatic hydroxyl groups excluding tert-OH is 1. The Morgan fingerprint density at radius 2 is 2.40 bits per heavy atom. The Morgan fingerprint density at radius 3 is 2.87 bits per heavy atom. The summed E-state index contributed by atoms with van der Waals surface area (Å²) in [6, 6.07) is 0. The molecule has 0 aliphatic heterocycles. The summed E-state index contributed by atoms with van der Waals surface area (Å²) in [5, 5.41) is 10.4. The molecule has 1 rings (SSSR count). The molecule has 1 heterocycles. The first-order valence-electron chi connectivity index (χ1n) is 4.98. The van der Waals surface area contributed by atoms with Gasteiger partial charge in [0, 0.05) is 30.2 Å². The number of rotatable bonds is 5. The quantitative estimate of drug-likeness (QED) is 0.739. The molecule has 2 atom stereocenters. The molecule has 0 saturated heterocycles. The molecule has 1 aromatic heterocycles. The van der Waals surface area contributed by atoms with Gasteiger partial charge in [-0.15, -0.1) is 0 Å². The molecule has 86 valence electrons. The predicted molar refractivity (Wildman–Crippen MR) is 62.8 cm³/mol. The zero-order valence-corrected chi connectivity index (χ0v) is 10.3. The Balaban J connectivity index is 2.50. The average molecular weight is 229 g/mol. The monoisotopic (exact) mass is 229 g/mol. The third-order valence-corrected chi connectivity index (χ3v) is 3.37. The van der Waals surface area contributed by atoms with Crippen molar-refractivity contribution in [3.8, 4) is 0 Å². The van der Waals surface area contributed by atoms with Crippen LogP contribution in [-0.4, -0.2) is 32.1 Å². The highest BCUT2D eigenvalue weighted by Gasteiger charge is 2.21. The van der Waals surface area contributed by atoms with Crippen molar-refractivity contribution < 1.29 is 5.11 Å². The number of hydrogen-bond acceptors (Lipinski definition) is 4. The lowest BCUT2D eigenvalue weighted by atomic mass is 9.99. The fourth-order valence-corrected chi connectivity index (χ4v) is 2.58. The van der Waals surface area contributed by atoms with Crippen LogP contribution in [0.4, 0.5) is 0 Å². The molecular formula is C10H19N3OS. The Labute approximate surface area is 94.9 Å². The molecule has 0 aromatic carbocycles. The van der Waals surface area contributed by atoms with Crippen LogP contribution in [0.2, 0.25) is 0 Å². The maximum absolute atomic E-state index is 9.07. The molecule has 2 unspecified atom stereocenters. The lowest BCUT2D eigenvalue weighted by molar-refractivity contribution is 0.201. The fraction of sp³-hybridized carbons (Fsp3) is 0.700. The van der Waals surface area contributed by atoms with E-state index in [0.717, 1.165) is 11.6 Å². The minimum Gasteiger partial charge on any atom is -0.394 e. The predicted octanol–water partition coefficient (Wildman–Crippen LogP) is 1.00. The van der Waals surface area contributed by atoms with Gasteiger partial charge in [-0.2, -0.15) is 0 Å². The van der Waals surface area contributed by atoms with Gasteiger partial charge in [0.1, 0.15) is 0 Å². The summed E-state index contributed by atoms with van der Waals surface area (Å²) in [5.41, 5.74) is 5.39. The summed E-state index contributed by atoms with van der Waals surface area (Å²) >= 11 is 1.68. The van der Waals surface area contributed by atoms with E-state index >= 15 is 0 Å². The van der Waals surface area contributed by atoms with Crippen LogP contribution in [0.25, 0.3) is 0 Å². The number of aromatic nitrogens is 2. The van der Waals surface area contributed by atoms with E-state index in [-0.39, 0.29) is 6.61 Å². The lowest BCUT2D eigenvalue weighted by Crippen LogP contribution is -2.42. The Morgan fingerprint density at radius 1 is 1.73 bits per heavy atom. The van der Waals surface area contributed by atoms with Gasteiger partial charge in [-0.3, -0.25) is 0 Å². The van der Waals surface area contributed by atoms with Crippen LogP contribution >= 0.6 is 11.8 Å². The summed E-state index contributed by atoms with van der Waals surface area (Å²) in [6.45, 7) is 3.97. The molecule has 0 spiro atoms. The van der Waals surface area contributed by atoms with Crippen LogP contribution in [0, 0.1) is 0 Å². The van der Waals surface area contributed by atoms with Crippen molar-refractivity contribution in [3.63, 3.8) is 0 Å². The molecule has 4 nitrogen and oxygen atoms in total. The second-order valence-corrected chi connectivity index (χ2v) is 5.67. The molecule has 0 aliphatic carbocycles. The van der Waals surface area contributed by atoms with Crippen LogP contribution in [0.5, 0.6) is 0 Å². The van der Waals surface area contributed by atoms with E-state index in [9.17, 15) is 0 Å². The number of aliphatic hydroxyl groups is 1. The highest BCUT2D eigenvalue weighted by molar-refractivity contribution is 7.99. The van der Waals surface area contributed by atoms with E-state index in [1.54, 1.807) is 18.0 Å². The Hall–Kier alpha value is -0.520. The van der Waals surface area contributed by atoms with Crippen molar-refractivity contribution in [2.24, 2.45) is 12.8 Å². The number of hydrogen-bond donors (Lipinski definition) is 2. The van der Waals surface area contributed by atoms with Crippen molar-refractivity contribution in [2.45, 2.75) is 36.2 Å². The number of nitrogens with two attached hydrogens (primary N) is 1. The Bertz CT molecular complexity index is 311. The third kappa shape index (κ3) is 3.85. The average Bonchev–Trinajstić information content (AvgIpc) is 2.51.